The van der Waals surface area contributed by atoms with Crippen molar-refractivity contribution < 1.29 is 19.3 Å². The molecule has 5 heteroatoms. The van der Waals surface area contributed by atoms with Crippen molar-refractivity contribution in [3.8, 4) is 0 Å². The van der Waals surface area contributed by atoms with Crippen molar-refractivity contribution in [3.63, 3.8) is 0 Å². The van der Waals surface area contributed by atoms with Crippen LogP contribution in [-0.2, 0) is 14.2 Å². The van der Waals surface area contributed by atoms with Gasteiger partial charge in [-0.15, -0.1) is 0 Å². The molecule has 5 nitrogen and oxygen atoms in total. The van der Waals surface area contributed by atoms with Gasteiger partial charge >= 0.3 is 0 Å². The number of hydrogen-bond acceptors (Lipinski definition) is 5. The maximum Gasteiger partial charge on any atom is 0.0700 e. The molecule has 3 N–H and O–H groups in total. The first kappa shape index (κ1) is 16.8. The molecule has 0 aliphatic carbocycles. The monoisotopic (exact) mass is 249 g/mol. The lowest BCUT2D eigenvalue weighted by atomic mass is 9.99. The van der Waals surface area contributed by atoms with Gasteiger partial charge in [0.1, 0.15) is 0 Å². The first-order valence-electron chi connectivity index (χ1n) is 6.16. The molecule has 104 valence electrons. The second-order valence-corrected chi connectivity index (χ2v) is 4.49. The minimum absolute atomic E-state index is 0.00953. The third-order valence-corrected chi connectivity index (χ3v) is 2.41. The van der Waals surface area contributed by atoms with Gasteiger partial charge in [-0.1, -0.05) is 0 Å². The first-order chi connectivity index (χ1) is 8.12. The zero-order valence-electron chi connectivity index (χ0n) is 11.1. The Balaban J connectivity index is 3.09. The second-order valence-electron chi connectivity index (χ2n) is 4.49. The molecule has 0 bridgehead atoms. The molecule has 0 saturated heterocycles. The fraction of sp³-hybridized carbons (Fsp3) is 1.00. The summed E-state index contributed by atoms with van der Waals surface area (Å²) in [5.41, 5.74) is 5.30. The topological polar surface area (TPSA) is 73.9 Å². The summed E-state index contributed by atoms with van der Waals surface area (Å²) in [5, 5.41) is 8.94. The standard InChI is InChI=1S/C12H27NO4/c1-12(13,11-14)5-3-7-16-9-10-17-8-4-6-15-2/h14H,3-11,13H2,1-2H3. The van der Waals surface area contributed by atoms with Gasteiger partial charge in [0, 0.05) is 32.5 Å². The van der Waals surface area contributed by atoms with E-state index in [1.165, 1.54) is 0 Å². The lowest BCUT2D eigenvalue weighted by Gasteiger charge is -2.21. The largest absolute Gasteiger partial charge is 0.394 e. The van der Waals surface area contributed by atoms with Crippen LogP contribution in [0.2, 0.25) is 0 Å². The molecule has 0 saturated carbocycles. The molecule has 0 amide bonds. The molecular weight excluding hydrogens is 222 g/mol. The summed E-state index contributed by atoms with van der Waals surface area (Å²) in [5.74, 6) is 0. The molecule has 0 aliphatic heterocycles. The maximum atomic E-state index is 8.94. The molecule has 0 aromatic carbocycles. The number of aliphatic hydroxyl groups is 1. The van der Waals surface area contributed by atoms with Gasteiger partial charge in [-0.25, -0.2) is 0 Å². The van der Waals surface area contributed by atoms with Crippen LogP contribution in [0.3, 0.4) is 0 Å². The first-order valence-corrected chi connectivity index (χ1v) is 6.16. The van der Waals surface area contributed by atoms with E-state index >= 15 is 0 Å². The van der Waals surface area contributed by atoms with Gasteiger partial charge < -0.3 is 25.1 Å². The maximum absolute atomic E-state index is 8.94. The molecule has 0 spiro atoms. The smallest absolute Gasteiger partial charge is 0.0700 e. The Bertz CT molecular complexity index is 165. The molecule has 0 aromatic heterocycles. The molecule has 0 radical (unpaired) electrons. The highest BCUT2D eigenvalue weighted by Gasteiger charge is 2.15. The zero-order valence-corrected chi connectivity index (χ0v) is 11.1. The van der Waals surface area contributed by atoms with Gasteiger partial charge in [-0.3, -0.25) is 0 Å². The molecule has 0 heterocycles. The normalized spacial score (nSPS) is 14.8. The Morgan fingerprint density at radius 1 is 1.00 bits per heavy atom. The highest BCUT2D eigenvalue weighted by atomic mass is 16.5. The van der Waals surface area contributed by atoms with Gasteiger partial charge in [0.05, 0.1) is 19.8 Å². The van der Waals surface area contributed by atoms with E-state index in [-0.39, 0.29) is 6.61 Å². The highest BCUT2D eigenvalue weighted by molar-refractivity contribution is 4.76. The van der Waals surface area contributed by atoms with Crippen LogP contribution in [0, 0.1) is 0 Å². The van der Waals surface area contributed by atoms with E-state index in [4.69, 9.17) is 25.1 Å². The molecule has 0 rings (SSSR count). The Morgan fingerprint density at radius 3 is 2.12 bits per heavy atom. The van der Waals surface area contributed by atoms with Crippen LogP contribution in [0.5, 0.6) is 0 Å². The van der Waals surface area contributed by atoms with E-state index in [9.17, 15) is 0 Å². The predicted octanol–water partition coefficient (Wildman–Crippen LogP) is 0.546. The van der Waals surface area contributed by atoms with Gasteiger partial charge in [0.15, 0.2) is 0 Å². The van der Waals surface area contributed by atoms with Crippen LogP contribution in [0.4, 0.5) is 0 Å². The summed E-state index contributed by atoms with van der Waals surface area (Å²) < 4.78 is 15.6. The quantitative estimate of drug-likeness (QED) is 0.494. The van der Waals surface area contributed by atoms with Crippen LogP contribution in [0.25, 0.3) is 0 Å². The predicted molar refractivity (Wildman–Crippen MR) is 67.0 cm³/mol. The van der Waals surface area contributed by atoms with Gasteiger partial charge in [-0.2, -0.15) is 0 Å². The molecule has 1 atom stereocenters. The number of rotatable bonds is 12. The Kier molecular flexibility index (Phi) is 10.8. The van der Waals surface area contributed by atoms with Gasteiger partial charge in [0.25, 0.3) is 0 Å². The average molecular weight is 249 g/mol. The molecule has 0 fully saturated rings. The van der Waals surface area contributed by atoms with Crippen LogP contribution >= 0.6 is 0 Å². The third kappa shape index (κ3) is 12.1. The molecule has 0 aromatic rings. The number of nitrogens with two attached hydrogens (primary N) is 1. The van der Waals surface area contributed by atoms with Crippen molar-refractivity contribution in [2.75, 3.05) is 46.8 Å². The van der Waals surface area contributed by atoms with E-state index in [1.54, 1.807) is 7.11 Å². The number of hydrogen-bond donors (Lipinski definition) is 2. The Labute approximate surface area is 104 Å². The summed E-state index contributed by atoms with van der Waals surface area (Å²) in [4.78, 5) is 0. The SMILES string of the molecule is COCCCOCCOCCCC(C)(N)CO. The summed E-state index contributed by atoms with van der Waals surface area (Å²) >= 11 is 0. The van der Waals surface area contributed by atoms with Crippen molar-refractivity contribution in [1.29, 1.82) is 0 Å². The molecular formula is C12H27NO4. The third-order valence-electron chi connectivity index (χ3n) is 2.41. The van der Waals surface area contributed by atoms with Crippen LogP contribution in [-0.4, -0.2) is 57.4 Å². The van der Waals surface area contributed by atoms with E-state index in [0.717, 1.165) is 25.9 Å². The minimum Gasteiger partial charge on any atom is -0.394 e. The molecule has 1 unspecified atom stereocenters. The van der Waals surface area contributed by atoms with E-state index < -0.39 is 5.54 Å². The van der Waals surface area contributed by atoms with E-state index in [0.29, 0.717) is 26.4 Å². The van der Waals surface area contributed by atoms with Crippen molar-refractivity contribution in [2.24, 2.45) is 5.73 Å². The van der Waals surface area contributed by atoms with Crippen molar-refractivity contribution in [2.45, 2.75) is 31.7 Å². The van der Waals surface area contributed by atoms with Crippen molar-refractivity contribution >= 4 is 0 Å². The summed E-state index contributed by atoms with van der Waals surface area (Å²) in [6.07, 6.45) is 2.54. The zero-order chi connectivity index (χ0) is 13.0. The molecule has 17 heavy (non-hydrogen) atoms. The van der Waals surface area contributed by atoms with Crippen LogP contribution in [0.15, 0.2) is 0 Å². The van der Waals surface area contributed by atoms with Gasteiger partial charge in [-0.05, 0) is 26.2 Å². The van der Waals surface area contributed by atoms with Crippen LogP contribution < -0.4 is 5.73 Å². The molecule has 0 aliphatic rings. The van der Waals surface area contributed by atoms with Gasteiger partial charge in [0.2, 0.25) is 0 Å². The highest BCUT2D eigenvalue weighted by Crippen LogP contribution is 2.07. The van der Waals surface area contributed by atoms with E-state index in [2.05, 4.69) is 0 Å². The average Bonchev–Trinajstić information content (AvgIpc) is 2.31. The number of ether oxygens (including phenoxy) is 3. The lowest BCUT2D eigenvalue weighted by molar-refractivity contribution is 0.0368. The minimum atomic E-state index is -0.486. The summed E-state index contributed by atoms with van der Waals surface area (Å²) in [7, 11) is 1.68. The lowest BCUT2D eigenvalue weighted by Crippen LogP contribution is -2.40. The summed E-state index contributed by atoms with van der Waals surface area (Å²) in [6.45, 7) is 5.17. The second kappa shape index (κ2) is 10.9. The van der Waals surface area contributed by atoms with Crippen LogP contribution in [0.1, 0.15) is 26.2 Å². The van der Waals surface area contributed by atoms with E-state index in [1.807, 2.05) is 6.92 Å². The fourth-order valence-corrected chi connectivity index (χ4v) is 1.28. The Morgan fingerprint density at radius 2 is 1.59 bits per heavy atom. The summed E-state index contributed by atoms with van der Waals surface area (Å²) in [6, 6.07) is 0. The fourth-order valence-electron chi connectivity index (χ4n) is 1.28. The number of aliphatic hydroxyl groups excluding tert-OH is 1. The van der Waals surface area contributed by atoms with Crippen molar-refractivity contribution in [1.82, 2.24) is 0 Å². The van der Waals surface area contributed by atoms with Crippen molar-refractivity contribution in [3.05, 3.63) is 0 Å². The number of methoxy groups -OCH3 is 1. The Hall–Kier alpha value is -0.200.